The number of nitrogens with zero attached hydrogens (tertiary/aromatic N) is 1. The van der Waals surface area contributed by atoms with Crippen molar-refractivity contribution in [1.82, 2.24) is 4.57 Å². The van der Waals surface area contributed by atoms with Gasteiger partial charge in [0.15, 0.2) is 0 Å². The zero-order chi connectivity index (χ0) is 13.5. The van der Waals surface area contributed by atoms with Crippen LogP contribution in [0.4, 0.5) is 4.79 Å². The predicted octanol–water partition coefficient (Wildman–Crippen LogP) is 4.68. The van der Waals surface area contributed by atoms with Gasteiger partial charge in [-0.3, -0.25) is 4.57 Å². The van der Waals surface area contributed by atoms with Crippen molar-refractivity contribution in [3.05, 3.63) is 33.0 Å². The molecule has 1 aromatic carbocycles. The van der Waals surface area contributed by atoms with Crippen LogP contribution < -0.4 is 0 Å². The van der Waals surface area contributed by atoms with E-state index in [1.54, 1.807) is 12.3 Å². The second-order valence-electron chi connectivity index (χ2n) is 4.99. The smallest absolute Gasteiger partial charge is 0.419 e. The first-order valence-electron chi connectivity index (χ1n) is 5.47. The van der Waals surface area contributed by atoms with Gasteiger partial charge in [0, 0.05) is 20.2 Å². The van der Waals surface area contributed by atoms with Crippen molar-refractivity contribution in [2.45, 2.75) is 26.4 Å². The fourth-order valence-electron chi connectivity index (χ4n) is 1.62. The van der Waals surface area contributed by atoms with E-state index in [2.05, 4.69) is 22.6 Å². The lowest BCUT2D eigenvalue weighted by atomic mass is 10.2. The lowest BCUT2D eigenvalue weighted by Crippen LogP contribution is -2.26. The molecule has 18 heavy (non-hydrogen) atoms. The minimum absolute atomic E-state index is 0.377. The average Bonchev–Trinajstić information content (AvgIpc) is 2.54. The highest BCUT2D eigenvalue weighted by Crippen LogP contribution is 2.26. The highest BCUT2D eigenvalue weighted by Gasteiger charge is 2.20. The summed E-state index contributed by atoms with van der Waals surface area (Å²) in [5.41, 5.74) is 0.295. The summed E-state index contributed by atoms with van der Waals surface area (Å²) >= 11 is 8.14. The van der Waals surface area contributed by atoms with Crippen molar-refractivity contribution in [3.63, 3.8) is 0 Å². The third kappa shape index (κ3) is 2.80. The van der Waals surface area contributed by atoms with Gasteiger partial charge in [-0.2, -0.15) is 0 Å². The maximum absolute atomic E-state index is 12.1. The molecular weight excluding hydrogens is 365 g/mol. The van der Waals surface area contributed by atoms with Crippen LogP contribution in [0.15, 0.2) is 24.4 Å². The first kappa shape index (κ1) is 13.7. The highest BCUT2D eigenvalue weighted by molar-refractivity contribution is 14.1. The number of rotatable bonds is 0. The topological polar surface area (TPSA) is 31.2 Å². The van der Waals surface area contributed by atoms with Crippen molar-refractivity contribution in [1.29, 1.82) is 0 Å². The summed E-state index contributed by atoms with van der Waals surface area (Å²) < 4.78 is 7.84. The zero-order valence-electron chi connectivity index (χ0n) is 10.3. The SMILES string of the molecule is CC(C)(C)OC(=O)n1cc(I)c2cc(Cl)ccc21. The summed E-state index contributed by atoms with van der Waals surface area (Å²) in [6, 6.07) is 5.43. The Balaban J connectivity index is 2.49. The summed E-state index contributed by atoms with van der Waals surface area (Å²) in [5.74, 6) is 0. The van der Waals surface area contributed by atoms with Crippen LogP contribution in [-0.4, -0.2) is 16.3 Å². The van der Waals surface area contributed by atoms with Gasteiger partial charge in [-0.25, -0.2) is 4.79 Å². The van der Waals surface area contributed by atoms with Gasteiger partial charge in [-0.15, -0.1) is 0 Å². The molecule has 0 aliphatic rings. The molecule has 96 valence electrons. The van der Waals surface area contributed by atoms with Gasteiger partial charge in [0.25, 0.3) is 0 Å². The Labute approximate surface area is 124 Å². The largest absolute Gasteiger partial charge is 0.443 e. The Morgan fingerprint density at radius 1 is 1.39 bits per heavy atom. The molecule has 0 saturated carbocycles. The van der Waals surface area contributed by atoms with E-state index in [1.807, 2.05) is 32.9 Å². The molecule has 0 radical (unpaired) electrons. The number of carbonyl (C=O) groups is 1. The molecule has 1 aromatic heterocycles. The first-order valence-corrected chi connectivity index (χ1v) is 6.93. The lowest BCUT2D eigenvalue weighted by molar-refractivity contribution is 0.0544. The predicted molar refractivity (Wildman–Crippen MR) is 81.3 cm³/mol. The van der Waals surface area contributed by atoms with Crippen molar-refractivity contribution in [2.75, 3.05) is 0 Å². The van der Waals surface area contributed by atoms with Gasteiger partial charge < -0.3 is 4.74 Å². The lowest BCUT2D eigenvalue weighted by Gasteiger charge is -2.19. The van der Waals surface area contributed by atoms with E-state index in [4.69, 9.17) is 16.3 Å². The molecule has 0 bridgehead atoms. The standard InChI is InChI=1S/C13H13ClINO2/c1-13(2,3)18-12(17)16-7-10(15)9-6-8(14)4-5-11(9)16/h4-7H,1-3H3. The molecular formula is C13H13ClINO2. The second kappa shape index (κ2) is 4.74. The number of benzene rings is 1. The molecule has 2 aromatic rings. The molecule has 5 heteroatoms. The van der Waals surface area contributed by atoms with Crippen LogP contribution >= 0.6 is 34.2 Å². The van der Waals surface area contributed by atoms with E-state index in [-0.39, 0.29) is 6.09 Å². The van der Waals surface area contributed by atoms with Crippen molar-refractivity contribution in [2.24, 2.45) is 0 Å². The molecule has 0 aliphatic heterocycles. The molecule has 0 N–H and O–H groups in total. The molecule has 0 spiro atoms. The van der Waals surface area contributed by atoms with Crippen LogP contribution in [0.5, 0.6) is 0 Å². The fraction of sp³-hybridized carbons (Fsp3) is 0.308. The molecule has 0 amide bonds. The Morgan fingerprint density at radius 3 is 2.67 bits per heavy atom. The van der Waals surface area contributed by atoms with E-state index in [1.165, 1.54) is 4.57 Å². The van der Waals surface area contributed by atoms with Gasteiger partial charge in [0.2, 0.25) is 0 Å². The molecule has 2 rings (SSSR count). The van der Waals surface area contributed by atoms with Gasteiger partial charge >= 0.3 is 6.09 Å². The summed E-state index contributed by atoms with van der Waals surface area (Å²) in [4.78, 5) is 12.1. The van der Waals surface area contributed by atoms with Crippen molar-refractivity contribution < 1.29 is 9.53 Å². The molecule has 0 saturated heterocycles. The number of fused-ring (bicyclic) bond motifs is 1. The first-order chi connectivity index (χ1) is 8.28. The van der Waals surface area contributed by atoms with Gasteiger partial charge in [-0.1, -0.05) is 11.6 Å². The van der Waals surface area contributed by atoms with E-state index in [0.29, 0.717) is 5.02 Å². The van der Waals surface area contributed by atoms with Crippen LogP contribution in [0, 0.1) is 3.57 Å². The van der Waals surface area contributed by atoms with E-state index in [9.17, 15) is 4.79 Å². The van der Waals surface area contributed by atoms with E-state index < -0.39 is 5.60 Å². The molecule has 0 aliphatic carbocycles. The van der Waals surface area contributed by atoms with Crippen molar-refractivity contribution in [3.8, 4) is 0 Å². The average molecular weight is 378 g/mol. The quantitative estimate of drug-likeness (QED) is 0.624. The Bertz CT molecular complexity index is 613. The molecule has 1 heterocycles. The van der Waals surface area contributed by atoms with Crippen LogP contribution in [0.25, 0.3) is 10.9 Å². The number of carbonyl (C=O) groups excluding carboxylic acids is 1. The molecule has 3 nitrogen and oxygen atoms in total. The molecule has 0 unspecified atom stereocenters. The van der Waals surface area contributed by atoms with Gasteiger partial charge in [0.1, 0.15) is 5.60 Å². The molecule has 0 fully saturated rings. The van der Waals surface area contributed by atoms with Gasteiger partial charge in [0.05, 0.1) is 5.52 Å². The van der Waals surface area contributed by atoms with Crippen molar-refractivity contribution >= 4 is 51.2 Å². The third-order valence-electron chi connectivity index (χ3n) is 2.31. The number of ether oxygens (including phenoxy) is 1. The number of hydrogen-bond donors (Lipinski definition) is 0. The minimum Gasteiger partial charge on any atom is -0.443 e. The number of halogens is 2. The monoisotopic (exact) mass is 377 g/mol. The number of hydrogen-bond acceptors (Lipinski definition) is 2. The Kier molecular flexibility index (Phi) is 3.60. The minimum atomic E-state index is -0.508. The zero-order valence-corrected chi connectivity index (χ0v) is 13.2. The van der Waals surface area contributed by atoms with Gasteiger partial charge in [-0.05, 0) is 61.6 Å². The fourth-order valence-corrected chi connectivity index (χ4v) is 2.51. The summed E-state index contributed by atoms with van der Waals surface area (Å²) in [6.45, 7) is 5.54. The second-order valence-corrected chi connectivity index (χ2v) is 6.59. The Hall–Kier alpha value is -0.750. The number of aromatic nitrogens is 1. The molecule has 0 atom stereocenters. The Morgan fingerprint density at radius 2 is 2.06 bits per heavy atom. The van der Waals surface area contributed by atoms with E-state index in [0.717, 1.165) is 14.5 Å². The highest BCUT2D eigenvalue weighted by atomic mass is 127. The van der Waals surface area contributed by atoms with Crippen LogP contribution in [0.2, 0.25) is 5.02 Å². The third-order valence-corrected chi connectivity index (χ3v) is 3.40. The van der Waals surface area contributed by atoms with Crippen LogP contribution in [0.3, 0.4) is 0 Å². The van der Waals surface area contributed by atoms with E-state index >= 15 is 0 Å². The normalized spacial score (nSPS) is 11.8. The maximum atomic E-state index is 12.1. The summed E-state index contributed by atoms with van der Waals surface area (Å²) in [7, 11) is 0. The maximum Gasteiger partial charge on any atom is 0.419 e. The van der Waals surface area contributed by atoms with Crippen LogP contribution in [-0.2, 0) is 4.74 Å². The van der Waals surface area contributed by atoms with Crippen LogP contribution in [0.1, 0.15) is 20.8 Å². The summed E-state index contributed by atoms with van der Waals surface area (Å²) in [6.07, 6.45) is 1.38. The summed E-state index contributed by atoms with van der Waals surface area (Å²) in [5, 5.41) is 1.61.